The number of nitrogens with zero attached hydrogens (tertiary/aromatic N) is 2. The molecule has 0 radical (unpaired) electrons. The summed E-state index contributed by atoms with van der Waals surface area (Å²) >= 11 is 1.67. The lowest BCUT2D eigenvalue weighted by Gasteiger charge is -2.14. The van der Waals surface area contributed by atoms with Crippen molar-refractivity contribution in [2.75, 3.05) is 19.9 Å². The summed E-state index contributed by atoms with van der Waals surface area (Å²) in [5.74, 6) is 1.86. The fraction of sp³-hybridized carbons (Fsp3) is 0.368. The molecular formula is C19H26FIN4OS. The summed E-state index contributed by atoms with van der Waals surface area (Å²) in [6.07, 6.45) is 3.74. The second-order valence-electron chi connectivity index (χ2n) is 5.56. The topological polar surface area (TPSA) is 58.5 Å². The first-order chi connectivity index (χ1) is 12.7. The number of guanidine groups is 1. The predicted octanol–water partition coefficient (Wildman–Crippen LogP) is 3.97. The van der Waals surface area contributed by atoms with Gasteiger partial charge in [0.05, 0.1) is 6.61 Å². The molecule has 0 bridgehead atoms. The highest BCUT2D eigenvalue weighted by molar-refractivity contribution is 14.0. The second-order valence-corrected chi connectivity index (χ2v) is 6.43. The van der Waals surface area contributed by atoms with Crippen molar-refractivity contribution < 1.29 is 9.13 Å². The van der Waals surface area contributed by atoms with Gasteiger partial charge in [-0.15, -0.1) is 24.0 Å². The SMILES string of the molecule is CCOc1cc(CNC(=NC)NCc2ccc(F)cc2CSC)ccn1.I. The zero-order valence-electron chi connectivity index (χ0n) is 15.8. The third-order valence-electron chi connectivity index (χ3n) is 3.69. The van der Waals surface area contributed by atoms with Crippen molar-refractivity contribution in [2.45, 2.75) is 25.8 Å². The maximum Gasteiger partial charge on any atom is 0.213 e. The maximum atomic E-state index is 13.5. The Morgan fingerprint density at radius 1 is 1.19 bits per heavy atom. The first-order valence-corrected chi connectivity index (χ1v) is 9.84. The molecule has 27 heavy (non-hydrogen) atoms. The fourth-order valence-electron chi connectivity index (χ4n) is 2.43. The van der Waals surface area contributed by atoms with E-state index in [1.807, 2.05) is 31.4 Å². The van der Waals surface area contributed by atoms with E-state index in [0.29, 0.717) is 31.5 Å². The molecular weight excluding hydrogens is 478 g/mol. The summed E-state index contributed by atoms with van der Waals surface area (Å²) in [5, 5.41) is 6.54. The van der Waals surface area contributed by atoms with Gasteiger partial charge in [0.25, 0.3) is 0 Å². The van der Waals surface area contributed by atoms with Crippen LogP contribution in [0.5, 0.6) is 5.88 Å². The van der Waals surface area contributed by atoms with Gasteiger partial charge in [-0.3, -0.25) is 4.99 Å². The molecule has 0 spiro atoms. The predicted molar refractivity (Wildman–Crippen MR) is 121 cm³/mol. The summed E-state index contributed by atoms with van der Waals surface area (Å²) in [7, 11) is 1.72. The van der Waals surface area contributed by atoms with E-state index in [-0.39, 0.29) is 29.8 Å². The van der Waals surface area contributed by atoms with Crippen LogP contribution in [0.1, 0.15) is 23.6 Å². The molecule has 2 aromatic rings. The Morgan fingerprint density at radius 2 is 1.96 bits per heavy atom. The van der Waals surface area contributed by atoms with Gasteiger partial charge in [0.15, 0.2) is 5.96 Å². The average Bonchev–Trinajstić information content (AvgIpc) is 2.64. The van der Waals surface area contributed by atoms with Gasteiger partial charge in [0.2, 0.25) is 5.88 Å². The minimum absolute atomic E-state index is 0. The molecule has 2 N–H and O–H groups in total. The number of aliphatic imine (C=N–C) groups is 1. The van der Waals surface area contributed by atoms with Crippen molar-refractivity contribution in [3.63, 3.8) is 0 Å². The number of benzene rings is 1. The highest BCUT2D eigenvalue weighted by atomic mass is 127. The van der Waals surface area contributed by atoms with Crippen molar-refractivity contribution in [1.29, 1.82) is 0 Å². The average molecular weight is 504 g/mol. The Kier molecular flexibility index (Phi) is 11.1. The molecule has 148 valence electrons. The minimum Gasteiger partial charge on any atom is -0.478 e. The smallest absolute Gasteiger partial charge is 0.213 e. The maximum absolute atomic E-state index is 13.5. The monoisotopic (exact) mass is 504 g/mol. The Labute approximate surface area is 181 Å². The second kappa shape index (κ2) is 12.8. The summed E-state index contributed by atoms with van der Waals surface area (Å²) < 4.78 is 18.9. The van der Waals surface area contributed by atoms with Crippen LogP contribution in [-0.2, 0) is 18.8 Å². The number of thioether (sulfide) groups is 1. The van der Waals surface area contributed by atoms with Gasteiger partial charge in [0, 0.05) is 38.2 Å². The normalized spacial score (nSPS) is 10.9. The van der Waals surface area contributed by atoms with Gasteiger partial charge in [0.1, 0.15) is 5.82 Å². The number of aromatic nitrogens is 1. The first-order valence-electron chi connectivity index (χ1n) is 8.44. The number of pyridine rings is 1. The molecule has 2 rings (SSSR count). The van der Waals surface area contributed by atoms with Crippen molar-refractivity contribution in [1.82, 2.24) is 15.6 Å². The van der Waals surface area contributed by atoms with Crippen LogP contribution in [0.4, 0.5) is 4.39 Å². The Hall–Kier alpha value is -1.55. The van der Waals surface area contributed by atoms with E-state index in [1.165, 1.54) is 6.07 Å². The van der Waals surface area contributed by atoms with Crippen LogP contribution in [0.15, 0.2) is 41.5 Å². The van der Waals surface area contributed by atoms with Crippen LogP contribution in [0.3, 0.4) is 0 Å². The van der Waals surface area contributed by atoms with E-state index in [1.54, 1.807) is 31.1 Å². The fourth-order valence-corrected chi connectivity index (χ4v) is 3.01. The lowest BCUT2D eigenvalue weighted by molar-refractivity contribution is 0.326. The van der Waals surface area contributed by atoms with Crippen LogP contribution in [0.25, 0.3) is 0 Å². The zero-order chi connectivity index (χ0) is 18.8. The molecule has 1 heterocycles. The molecule has 0 aliphatic heterocycles. The van der Waals surface area contributed by atoms with Crippen molar-refractivity contribution >= 4 is 41.7 Å². The summed E-state index contributed by atoms with van der Waals surface area (Å²) in [4.78, 5) is 8.40. The van der Waals surface area contributed by atoms with Gasteiger partial charge >= 0.3 is 0 Å². The highest BCUT2D eigenvalue weighted by Gasteiger charge is 2.06. The van der Waals surface area contributed by atoms with E-state index in [9.17, 15) is 4.39 Å². The van der Waals surface area contributed by atoms with Crippen molar-refractivity contribution in [3.8, 4) is 5.88 Å². The van der Waals surface area contributed by atoms with E-state index in [2.05, 4.69) is 20.6 Å². The molecule has 0 fully saturated rings. The Morgan fingerprint density at radius 3 is 2.67 bits per heavy atom. The highest BCUT2D eigenvalue weighted by Crippen LogP contribution is 2.16. The van der Waals surface area contributed by atoms with Crippen LogP contribution in [0.2, 0.25) is 0 Å². The number of rotatable bonds is 8. The van der Waals surface area contributed by atoms with Gasteiger partial charge in [-0.1, -0.05) is 6.07 Å². The molecule has 1 aromatic heterocycles. The molecule has 0 atom stereocenters. The number of halogens is 2. The molecule has 0 saturated heterocycles. The van der Waals surface area contributed by atoms with Crippen LogP contribution in [-0.4, -0.2) is 30.9 Å². The Bertz CT molecular complexity index is 745. The third-order valence-corrected chi connectivity index (χ3v) is 4.29. The van der Waals surface area contributed by atoms with E-state index in [4.69, 9.17) is 4.74 Å². The lowest BCUT2D eigenvalue weighted by atomic mass is 10.1. The molecule has 0 aliphatic rings. The summed E-state index contributed by atoms with van der Waals surface area (Å²) in [6, 6.07) is 8.73. The van der Waals surface area contributed by atoms with Gasteiger partial charge in [-0.25, -0.2) is 9.37 Å². The van der Waals surface area contributed by atoms with E-state index >= 15 is 0 Å². The largest absolute Gasteiger partial charge is 0.478 e. The van der Waals surface area contributed by atoms with Gasteiger partial charge in [-0.2, -0.15) is 11.8 Å². The van der Waals surface area contributed by atoms with Crippen LogP contribution < -0.4 is 15.4 Å². The number of nitrogens with one attached hydrogen (secondary N) is 2. The molecule has 0 amide bonds. The molecule has 8 heteroatoms. The van der Waals surface area contributed by atoms with Crippen LogP contribution >= 0.6 is 35.7 Å². The zero-order valence-corrected chi connectivity index (χ0v) is 18.9. The van der Waals surface area contributed by atoms with Gasteiger partial charge < -0.3 is 15.4 Å². The molecule has 0 aliphatic carbocycles. The summed E-state index contributed by atoms with van der Waals surface area (Å²) in [5.41, 5.74) is 3.11. The van der Waals surface area contributed by atoms with E-state index < -0.39 is 0 Å². The lowest BCUT2D eigenvalue weighted by Crippen LogP contribution is -2.36. The summed E-state index contributed by atoms with van der Waals surface area (Å²) in [6.45, 7) is 3.70. The van der Waals surface area contributed by atoms with E-state index in [0.717, 1.165) is 22.4 Å². The molecule has 0 saturated carbocycles. The van der Waals surface area contributed by atoms with Crippen molar-refractivity contribution in [2.24, 2.45) is 4.99 Å². The standard InChI is InChI=1S/C19H25FN4OS.HI/c1-4-25-18-9-14(7-8-22-18)11-23-19(21-2)24-12-15-5-6-17(20)10-16(15)13-26-3;/h5-10H,4,11-13H2,1-3H3,(H2,21,23,24);1H. The number of ether oxygens (including phenoxy) is 1. The molecule has 5 nitrogen and oxygen atoms in total. The van der Waals surface area contributed by atoms with Crippen molar-refractivity contribution in [3.05, 3.63) is 59.0 Å². The first kappa shape index (κ1) is 23.5. The van der Waals surface area contributed by atoms with Gasteiger partial charge in [-0.05, 0) is 48.1 Å². The third kappa shape index (κ3) is 7.92. The Balaban J connectivity index is 0.00000364. The van der Waals surface area contributed by atoms with Crippen LogP contribution in [0, 0.1) is 5.82 Å². The quantitative estimate of drug-likeness (QED) is 0.324. The number of hydrogen-bond donors (Lipinski definition) is 2. The molecule has 1 aromatic carbocycles. The molecule has 0 unspecified atom stereocenters. The number of hydrogen-bond acceptors (Lipinski definition) is 4. The minimum atomic E-state index is -0.205.